The molecule has 1 rings (SSSR count). The topological polar surface area (TPSA) is 52.6 Å². The van der Waals surface area contributed by atoms with Crippen LogP contribution in [0.3, 0.4) is 0 Å². The summed E-state index contributed by atoms with van der Waals surface area (Å²) < 4.78 is 31.4. The standard InChI is InChI=1S/C12H18O4S/c1-3-15-12-8-6-11(7-9-12)5-4-10-16-17(2,13)14/h6-9H,3-5,10H2,1-2H3. The number of ether oxygens (including phenoxy) is 1. The third kappa shape index (κ3) is 6.28. The molecule has 0 bridgehead atoms. The van der Waals surface area contributed by atoms with Crippen molar-refractivity contribution in [3.63, 3.8) is 0 Å². The molecule has 5 heteroatoms. The van der Waals surface area contributed by atoms with Crippen LogP contribution in [0, 0.1) is 0 Å². The van der Waals surface area contributed by atoms with E-state index < -0.39 is 10.1 Å². The van der Waals surface area contributed by atoms with Gasteiger partial charge < -0.3 is 4.74 Å². The van der Waals surface area contributed by atoms with Gasteiger partial charge in [0.1, 0.15) is 5.75 Å². The van der Waals surface area contributed by atoms with E-state index in [0.29, 0.717) is 13.0 Å². The van der Waals surface area contributed by atoms with Crippen molar-refractivity contribution in [3.05, 3.63) is 29.8 Å². The third-order valence-electron chi connectivity index (χ3n) is 2.14. The lowest BCUT2D eigenvalue weighted by molar-refractivity contribution is 0.316. The van der Waals surface area contributed by atoms with Gasteiger partial charge in [-0.1, -0.05) is 12.1 Å². The summed E-state index contributed by atoms with van der Waals surface area (Å²) >= 11 is 0. The molecular formula is C12H18O4S. The van der Waals surface area contributed by atoms with E-state index in [2.05, 4.69) is 4.18 Å². The molecule has 0 radical (unpaired) electrons. The largest absolute Gasteiger partial charge is 0.494 e. The second kappa shape index (κ2) is 6.61. The summed E-state index contributed by atoms with van der Waals surface area (Å²) in [6.45, 7) is 2.82. The fraction of sp³-hybridized carbons (Fsp3) is 0.500. The van der Waals surface area contributed by atoms with Gasteiger partial charge in [0.2, 0.25) is 0 Å². The van der Waals surface area contributed by atoms with Crippen molar-refractivity contribution < 1.29 is 17.3 Å². The number of hydrogen-bond acceptors (Lipinski definition) is 4. The molecule has 1 aromatic rings. The zero-order valence-electron chi connectivity index (χ0n) is 10.2. The second-order valence-corrected chi connectivity index (χ2v) is 5.35. The summed E-state index contributed by atoms with van der Waals surface area (Å²) in [7, 11) is -3.31. The van der Waals surface area contributed by atoms with Gasteiger partial charge in [-0.2, -0.15) is 8.42 Å². The van der Waals surface area contributed by atoms with Crippen LogP contribution in [0.5, 0.6) is 5.75 Å². The fourth-order valence-electron chi connectivity index (χ4n) is 1.41. The molecule has 0 aliphatic carbocycles. The minimum Gasteiger partial charge on any atom is -0.494 e. The van der Waals surface area contributed by atoms with E-state index in [-0.39, 0.29) is 6.61 Å². The molecule has 0 saturated carbocycles. The maximum absolute atomic E-state index is 10.7. The molecule has 0 N–H and O–H groups in total. The van der Waals surface area contributed by atoms with Gasteiger partial charge in [0.25, 0.3) is 10.1 Å². The molecule has 0 heterocycles. The molecular weight excluding hydrogens is 240 g/mol. The van der Waals surface area contributed by atoms with Gasteiger partial charge in [0, 0.05) is 0 Å². The van der Waals surface area contributed by atoms with Gasteiger partial charge in [0.05, 0.1) is 19.5 Å². The molecule has 17 heavy (non-hydrogen) atoms. The van der Waals surface area contributed by atoms with E-state index in [1.54, 1.807) is 0 Å². The Morgan fingerprint density at radius 1 is 1.18 bits per heavy atom. The minimum atomic E-state index is -3.31. The van der Waals surface area contributed by atoms with E-state index in [4.69, 9.17) is 4.74 Å². The normalized spacial score (nSPS) is 11.4. The molecule has 0 amide bonds. The lowest BCUT2D eigenvalue weighted by atomic mass is 10.1. The molecule has 0 aliphatic heterocycles. The van der Waals surface area contributed by atoms with Crippen LogP contribution in [0.2, 0.25) is 0 Å². The molecule has 0 unspecified atom stereocenters. The molecule has 0 saturated heterocycles. The van der Waals surface area contributed by atoms with Crippen LogP contribution >= 0.6 is 0 Å². The molecule has 0 fully saturated rings. The summed E-state index contributed by atoms with van der Waals surface area (Å²) in [4.78, 5) is 0. The van der Waals surface area contributed by atoms with Gasteiger partial charge in [-0.15, -0.1) is 0 Å². The van der Waals surface area contributed by atoms with Crippen molar-refractivity contribution in [1.82, 2.24) is 0 Å². The predicted octanol–water partition coefficient (Wildman–Crippen LogP) is 1.99. The zero-order chi connectivity index (χ0) is 12.7. The van der Waals surface area contributed by atoms with E-state index in [1.165, 1.54) is 0 Å². The average Bonchev–Trinajstić information content (AvgIpc) is 2.26. The first-order chi connectivity index (χ1) is 8.01. The van der Waals surface area contributed by atoms with Crippen molar-refractivity contribution >= 4 is 10.1 Å². The highest BCUT2D eigenvalue weighted by Crippen LogP contribution is 2.13. The highest BCUT2D eigenvalue weighted by atomic mass is 32.2. The smallest absolute Gasteiger partial charge is 0.264 e. The quantitative estimate of drug-likeness (QED) is 0.554. The molecule has 0 spiro atoms. The minimum absolute atomic E-state index is 0.228. The van der Waals surface area contributed by atoms with E-state index in [1.807, 2.05) is 31.2 Å². The third-order valence-corrected chi connectivity index (χ3v) is 2.74. The lowest BCUT2D eigenvalue weighted by Gasteiger charge is -2.05. The van der Waals surface area contributed by atoms with Gasteiger partial charge in [-0.05, 0) is 37.5 Å². The highest BCUT2D eigenvalue weighted by molar-refractivity contribution is 7.85. The summed E-state index contributed by atoms with van der Waals surface area (Å²) in [5.41, 5.74) is 1.14. The van der Waals surface area contributed by atoms with Crippen molar-refractivity contribution in [3.8, 4) is 5.75 Å². The zero-order valence-corrected chi connectivity index (χ0v) is 11.0. The number of rotatable bonds is 7. The molecule has 0 aliphatic rings. The average molecular weight is 258 g/mol. The van der Waals surface area contributed by atoms with Gasteiger partial charge >= 0.3 is 0 Å². The number of hydrogen-bond donors (Lipinski definition) is 0. The number of benzene rings is 1. The van der Waals surface area contributed by atoms with Crippen LogP contribution in [0.15, 0.2) is 24.3 Å². The fourth-order valence-corrected chi connectivity index (χ4v) is 1.83. The molecule has 0 aromatic heterocycles. The van der Waals surface area contributed by atoms with Gasteiger partial charge in [-0.3, -0.25) is 4.18 Å². The summed E-state index contributed by atoms with van der Waals surface area (Å²) in [5.74, 6) is 0.851. The van der Waals surface area contributed by atoms with Crippen LogP contribution in [0.25, 0.3) is 0 Å². The number of aryl methyl sites for hydroxylation is 1. The molecule has 96 valence electrons. The molecule has 1 aromatic carbocycles. The lowest BCUT2D eigenvalue weighted by Crippen LogP contribution is -2.04. The molecule has 0 atom stereocenters. The predicted molar refractivity (Wildman–Crippen MR) is 66.7 cm³/mol. The van der Waals surface area contributed by atoms with Crippen molar-refractivity contribution in [1.29, 1.82) is 0 Å². The first-order valence-electron chi connectivity index (χ1n) is 5.57. The summed E-state index contributed by atoms with van der Waals surface area (Å²) in [6, 6.07) is 7.78. The Bertz CT molecular complexity index is 422. The Hall–Kier alpha value is -1.07. The maximum atomic E-state index is 10.7. The summed E-state index contributed by atoms with van der Waals surface area (Å²) in [5, 5.41) is 0. The SMILES string of the molecule is CCOc1ccc(CCCOS(C)(=O)=O)cc1. The van der Waals surface area contributed by atoms with Crippen LogP contribution in [-0.4, -0.2) is 27.9 Å². The van der Waals surface area contributed by atoms with Crippen molar-refractivity contribution in [2.75, 3.05) is 19.5 Å². The van der Waals surface area contributed by atoms with Crippen LogP contribution in [0.4, 0.5) is 0 Å². The van der Waals surface area contributed by atoms with Crippen LogP contribution in [-0.2, 0) is 20.7 Å². The summed E-state index contributed by atoms with van der Waals surface area (Å²) in [6.07, 6.45) is 2.53. The maximum Gasteiger partial charge on any atom is 0.264 e. The first-order valence-corrected chi connectivity index (χ1v) is 7.39. The Morgan fingerprint density at radius 2 is 1.82 bits per heavy atom. The van der Waals surface area contributed by atoms with Crippen molar-refractivity contribution in [2.45, 2.75) is 19.8 Å². The van der Waals surface area contributed by atoms with E-state index in [9.17, 15) is 8.42 Å². The Kier molecular flexibility index (Phi) is 5.44. The first kappa shape index (κ1) is 14.0. The van der Waals surface area contributed by atoms with Gasteiger partial charge in [0.15, 0.2) is 0 Å². The van der Waals surface area contributed by atoms with Crippen LogP contribution in [0.1, 0.15) is 18.9 Å². The van der Waals surface area contributed by atoms with Crippen LogP contribution < -0.4 is 4.74 Å². The van der Waals surface area contributed by atoms with E-state index in [0.717, 1.165) is 24.0 Å². The molecule has 4 nitrogen and oxygen atoms in total. The van der Waals surface area contributed by atoms with E-state index >= 15 is 0 Å². The Balaban J connectivity index is 2.32. The van der Waals surface area contributed by atoms with Crippen molar-refractivity contribution in [2.24, 2.45) is 0 Å². The monoisotopic (exact) mass is 258 g/mol. The Morgan fingerprint density at radius 3 is 2.35 bits per heavy atom. The Labute approximate surface area is 103 Å². The second-order valence-electron chi connectivity index (χ2n) is 3.71. The van der Waals surface area contributed by atoms with Gasteiger partial charge in [-0.25, -0.2) is 0 Å². The highest BCUT2D eigenvalue weighted by Gasteiger charge is 2.01.